The van der Waals surface area contributed by atoms with Crippen LogP contribution in [0.5, 0.6) is 0 Å². The average Bonchev–Trinajstić information content (AvgIpc) is 3.47. The van der Waals surface area contributed by atoms with E-state index < -0.39 is 0 Å². The van der Waals surface area contributed by atoms with Crippen molar-refractivity contribution in [3.05, 3.63) is 58.0 Å². The molecule has 5 rings (SSSR count). The van der Waals surface area contributed by atoms with Crippen LogP contribution >= 0.6 is 23.1 Å². The summed E-state index contributed by atoms with van der Waals surface area (Å²) < 4.78 is 9.28. The molecule has 8 nitrogen and oxygen atoms in total. The molecule has 0 atom stereocenters. The Morgan fingerprint density at radius 1 is 1.11 bits per heavy atom. The molecule has 4 heterocycles. The minimum absolute atomic E-state index is 0.0605. The second-order valence-electron chi connectivity index (χ2n) is 5.96. The van der Waals surface area contributed by atoms with E-state index in [9.17, 15) is 4.79 Å². The first-order chi connectivity index (χ1) is 13.8. The van der Waals surface area contributed by atoms with Gasteiger partial charge in [0.05, 0.1) is 21.5 Å². The number of thioether (sulfide) groups is 1. The van der Waals surface area contributed by atoms with Crippen molar-refractivity contribution in [1.29, 1.82) is 0 Å². The first-order valence-electron chi connectivity index (χ1n) is 8.62. The van der Waals surface area contributed by atoms with E-state index in [1.54, 1.807) is 15.9 Å². The van der Waals surface area contributed by atoms with Gasteiger partial charge in [0.1, 0.15) is 5.82 Å². The Labute approximate surface area is 166 Å². The summed E-state index contributed by atoms with van der Waals surface area (Å²) in [6.45, 7) is 2.44. The molecular formula is C18H14N6O2S2. The maximum absolute atomic E-state index is 12.7. The normalized spacial score (nSPS) is 11.6. The molecule has 5 aromatic rings. The van der Waals surface area contributed by atoms with Gasteiger partial charge in [0.15, 0.2) is 0 Å². The maximum Gasteiger partial charge on any atom is 0.277 e. The summed E-state index contributed by atoms with van der Waals surface area (Å²) in [6.07, 6.45) is 0. The Kier molecular flexibility index (Phi) is 4.21. The highest BCUT2D eigenvalue weighted by atomic mass is 32.2. The van der Waals surface area contributed by atoms with Crippen LogP contribution in [0.4, 0.5) is 0 Å². The SMILES string of the molecule is CCn1c(=O)c2ccccc2n2c(CSc3nnc(-c4cccs4)o3)nnc12. The Bertz CT molecular complexity index is 1340. The molecule has 0 aliphatic carbocycles. The second-order valence-corrected chi connectivity index (χ2v) is 7.83. The Morgan fingerprint density at radius 3 is 2.82 bits per heavy atom. The van der Waals surface area contributed by atoms with Crippen molar-refractivity contribution in [2.75, 3.05) is 0 Å². The fourth-order valence-electron chi connectivity index (χ4n) is 3.09. The zero-order chi connectivity index (χ0) is 19.1. The summed E-state index contributed by atoms with van der Waals surface area (Å²) in [5.41, 5.74) is 0.729. The first kappa shape index (κ1) is 17.1. The third-order valence-electron chi connectivity index (χ3n) is 4.35. The largest absolute Gasteiger partial charge is 0.410 e. The van der Waals surface area contributed by atoms with Gasteiger partial charge in [-0.25, -0.2) is 0 Å². The Hall–Kier alpha value is -2.98. The topological polar surface area (TPSA) is 91.1 Å². The number of benzene rings is 1. The molecule has 10 heteroatoms. The number of hydrogen-bond acceptors (Lipinski definition) is 8. The molecule has 28 heavy (non-hydrogen) atoms. The number of thiophene rings is 1. The molecule has 0 fully saturated rings. The van der Waals surface area contributed by atoms with Gasteiger partial charge in [-0.3, -0.25) is 13.8 Å². The molecule has 140 valence electrons. The van der Waals surface area contributed by atoms with Crippen molar-refractivity contribution in [1.82, 2.24) is 29.4 Å². The van der Waals surface area contributed by atoms with Crippen LogP contribution < -0.4 is 5.56 Å². The number of fused-ring (bicyclic) bond motifs is 3. The number of hydrogen-bond donors (Lipinski definition) is 0. The highest BCUT2D eigenvalue weighted by Crippen LogP contribution is 2.28. The summed E-state index contributed by atoms with van der Waals surface area (Å²) in [6, 6.07) is 11.4. The maximum atomic E-state index is 12.7. The lowest BCUT2D eigenvalue weighted by Gasteiger charge is -2.09. The van der Waals surface area contributed by atoms with Gasteiger partial charge < -0.3 is 4.42 Å². The molecule has 0 aliphatic heterocycles. The van der Waals surface area contributed by atoms with Crippen LogP contribution in [-0.2, 0) is 12.3 Å². The molecule has 0 bridgehead atoms. The van der Waals surface area contributed by atoms with Gasteiger partial charge in [0.2, 0.25) is 5.78 Å². The average molecular weight is 410 g/mol. The van der Waals surface area contributed by atoms with Crippen molar-refractivity contribution < 1.29 is 4.42 Å². The molecule has 0 unspecified atom stereocenters. The van der Waals surface area contributed by atoms with Crippen LogP contribution in [0, 0.1) is 0 Å². The van der Waals surface area contributed by atoms with E-state index in [0.717, 1.165) is 10.4 Å². The van der Waals surface area contributed by atoms with Crippen LogP contribution in [0.25, 0.3) is 27.4 Å². The zero-order valence-electron chi connectivity index (χ0n) is 14.8. The van der Waals surface area contributed by atoms with E-state index in [1.807, 2.05) is 53.1 Å². The molecule has 0 spiro atoms. The Balaban J connectivity index is 1.53. The predicted molar refractivity (Wildman–Crippen MR) is 108 cm³/mol. The minimum Gasteiger partial charge on any atom is -0.410 e. The fraction of sp³-hybridized carbons (Fsp3) is 0.167. The van der Waals surface area contributed by atoms with Crippen LogP contribution in [0.1, 0.15) is 12.7 Å². The molecule has 0 radical (unpaired) electrons. The van der Waals surface area contributed by atoms with Gasteiger partial charge in [-0.15, -0.1) is 31.7 Å². The molecule has 1 aromatic carbocycles. The van der Waals surface area contributed by atoms with Gasteiger partial charge in [0.25, 0.3) is 16.7 Å². The van der Waals surface area contributed by atoms with Crippen LogP contribution in [0.2, 0.25) is 0 Å². The number of nitrogens with zero attached hydrogens (tertiary/aromatic N) is 6. The summed E-state index contributed by atoms with van der Waals surface area (Å²) in [4.78, 5) is 13.7. The minimum atomic E-state index is -0.0605. The molecule has 0 amide bonds. The van der Waals surface area contributed by atoms with Gasteiger partial charge in [-0.05, 0) is 30.5 Å². The smallest absolute Gasteiger partial charge is 0.277 e. The summed E-state index contributed by atoms with van der Waals surface area (Å²) >= 11 is 2.94. The molecule has 4 aromatic heterocycles. The predicted octanol–water partition coefficient (Wildman–Crippen LogP) is 3.47. The van der Waals surface area contributed by atoms with Gasteiger partial charge in [-0.1, -0.05) is 30.0 Å². The van der Waals surface area contributed by atoms with Crippen LogP contribution in [0.3, 0.4) is 0 Å². The van der Waals surface area contributed by atoms with E-state index in [4.69, 9.17) is 4.42 Å². The lowest BCUT2D eigenvalue weighted by Crippen LogP contribution is -2.22. The number of aromatic nitrogens is 6. The van der Waals surface area contributed by atoms with Gasteiger partial charge >= 0.3 is 0 Å². The third-order valence-corrected chi connectivity index (χ3v) is 6.03. The zero-order valence-corrected chi connectivity index (χ0v) is 16.4. The van der Waals surface area contributed by atoms with E-state index in [-0.39, 0.29) is 5.56 Å². The summed E-state index contributed by atoms with van der Waals surface area (Å²) in [5.74, 6) is 2.24. The summed E-state index contributed by atoms with van der Waals surface area (Å²) in [5, 5.41) is 19.8. The fourth-order valence-corrected chi connectivity index (χ4v) is 4.41. The van der Waals surface area contributed by atoms with E-state index in [1.165, 1.54) is 11.8 Å². The van der Waals surface area contributed by atoms with Crippen LogP contribution in [0.15, 0.2) is 56.2 Å². The highest BCUT2D eigenvalue weighted by molar-refractivity contribution is 7.98. The quantitative estimate of drug-likeness (QED) is 0.410. The van der Waals surface area contributed by atoms with E-state index >= 15 is 0 Å². The van der Waals surface area contributed by atoms with Crippen molar-refractivity contribution >= 4 is 39.8 Å². The standard InChI is InChI=1S/C18H14N6O2S2/c1-2-23-16(25)11-6-3-4-7-12(11)24-14(19-21-17(23)24)10-28-18-22-20-15(26-18)13-8-5-9-27-13/h3-9H,2,10H2,1H3. The van der Waals surface area contributed by atoms with Gasteiger partial charge in [0, 0.05) is 6.54 Å². The van der Waals surface area contributed by atoms with Crippen molar-refractivity contribution in [2.24, 2.45) is 0 Å². The molecular weight excluding hydrogens is 396 g/mol. The van der Waals surface area contributed by atoms with Crippen molar-refractivity contribution in [3.8, 4) is 10.8 Å². The lowest BCUT2D eigenvalue weighted by atomic mass is 10.2. The number of rotatable bonds is 5. The van der Waals surface area contributed by atoms with Gasteiger partial charge in [-0.2, -0.15) is 0 Å². The highest BCUT2D eigenvalue weighted by Gasteiger charge is 2.17. The molecule has 0 saturated heterocycles. The lowest BCUT2D eigenvalue weighted by molar-refractivity contribution is 0.466. The molecule has 0 N–H and O–H groups in total. The monoisotopic (exact) mass is 410 g/mol. The summed E-state index contributed by atoms with van der Waals surface area (Å²) in [7, 11) is 0. The van der Waals surface area contributed by atoms with Crippen molar-refractivity contribution in [2.45, 2.75) is 24.4 Å². The van der Waals surface area contributed by atoms with Crippen molar-refractivity contribution in [3.63, 3.8) is 0 Å². The van der Waals surface area contributed by atoms with E-state index in [0.29, 0.717) is 40.4 Å². The Morgan fingerprint density at radius 2 is 2.00 bits per heavy atom. The number of para-hydroxylation sites is 1. The molecule has 0 saturated carbocycles. The second kappa shape index (κ2) is 6.88. The van der Waals surface area contributed by atoms with Crippen LogP contribution in [-0.4, -0.2) is 29.4 Å². The third kappa shape index (κ3) is 2.72. The first-order valence-corrected chi connectivity index (χ1v) is 10.5. The molecule has 0 aliphatic rings. The number of aryl methyl sites for hydroxylation is 1. The van der Waals surface area contributed by atoms with E-state index in [2.05, 4.69) is 20.4 Å².